The molecular formula is C27H28ClNO. The highest BCUT2D eigenvalue weighted by atomic mass is 35.5. The first-order chi connectivity index (χ1) is 14.5. The van der Waals surface area contributed by atoms with Crippen LogP contribution in [0, 0.1) is 0 Å². The number of nitrogens with zero attached hydrogens (tertiary/aromatic N) is 1. The molecule has 2 nitrogen and oxygen atoms in total. The van der Waals surface area contributed by atoms with Crippen LogP contribution in [0.5, 0.6) is 0 Å². The lowest BCUT2D eigenvalue weighted by Gasteiger charge is -2.31. The second-order valence-electron chi connectivity index (χ2n) is 8.44. The number of benzene rings is 3. The van der Waals surface area contributed by atoms with E-state index in [2.05, 4.69) is 56.3 Å². The van der Waals surface area contributed by atoms with E-state index in [1.54, 1.807) is 0 Å². The van der Waals surface area contributed by atoms with Crippen LogP contribution in [0.1, 0.15) is 60.8 Å². The maximum Gasteiger partial charge on any atom is 0.234 e. The third-order valence-corrected chi connectivity index (χ3v) is 6.31. The van der Waals surface area contributed by atoms with E-state index < -0.39 is 0 Å². The Morgan fingerprint density at radius 2 is 1.70 bits per heavy atom. The minimum Gasteiger partial charge on any atom is -0.307 e. The highest BCUT2D eigenvalue weighted by Gasteiger charge is 2.30. The van der Waals surface area contributed by atoms with Crippen molar-refractivity contribution in [1.29, 1.82) is 0 Å². The highest BCUT2D eigenvalue weighted by molar-refractivity contribution is 6.30. The van der Waals surface area contributed by atoms with Crippen molar-refractivity contribution < 1.29 is 4.79 Å². The van der Waals surface area contributed by atoms with Gasteiger partial charge in [-0.15, -0.1) is 0 Å². The molecule has 30 heavy (non-hydrogen) atoms. The van der Waals surface area contributed by atoms with Crippen molar-refractivity contribution >= 4 is 23.2 Å². The Bertz CT molecular complexity index is 1010. The van der Waals surface area contributed by atoms with Crippen molar-refractivity contribution in [2.24, 2.45) is 0 Å². The molecule has 4 rings (SSSR count). The number of amides is 1. The van der Waals surface area contributed by atoms with E-state index in [0.717, 1.165) is 30.5 Å². The van der Waals surface area contributed by atoms with E-state index >= 15 is 0 Å². The van der Waals surface area contributed by atoms with Gasteiger partial charge < -0.3 is 4.90 Å². The lowest BCUT2D eigenvalue weighted by atomic mass is 9.82. The van der Waals surface area contributed by atoms with Crippen LogP contribution >= 0.6 is 11.6 Å². The third kappa shape index (κ3) is 4.44. The minimum absolute atomic E-state index is 0.0907. The van der Waals surface area contributed by atoms with E-state index in [1.807, 2.05) is 35.2 Å². The number of aryl methyl sites for hydroxylation is 1. The average Bonchev–Trinajstić information content (AvgIpc) is 2.78. The van der Waals surface area contributed by atoms with Crippen LogP contribution in [0.25, 0.3) is 0 Å². The Labute approximate surface area is 184 Å². The summed E-state index contributed by atoms with van der Waals surface area (Å²) in [6.07, 6.45) is 3.01. The Kier molecular flexibility index (Phi) is 6.24. The first kappa shape index (κ1) is 20.7. The lowest BCUT2D eigenvalue weighted by Crippen LogP contribution is -2.36. The summed E-state index contributed by atoms with van der Waals surface area (Å²) in [5, 5.41) is 0.708. The molecule has 0 heterocycles. The van der Waals surface area contributed by atoms with Gasteiger partial charge in [0.25, 0.3) is 0 Å². The van der Waals surface area contributed by atoms with E-state index in [-0.39, 0.29) is 11.8 Å². The number of fused-ring (bicyclic) bond motifs is 1. The molecule has 1 unspecified atom stereocenters. The fraction of sp³-hybridized carbons (Fsp3) is 0.296. The van der Waals surface area contributed by atoms with Gasteiger partial charge in [-0.1, -0.05) is 74.0 Å². The van der Waals surface area contributed by atoms with E-state index in [0.29, 0.717) is 17.5 Å². The van der Waals surface area contributed by atoms with Gasteiger partial charge in [0.15, 0.2) is 0 Å². The quantitative estimate of drug-likeness (QED) is 0.432. The summed E-state index contributed by atoms with van der Waals surface area (Å²) in [6, 6.07) is 24.6. The van der Waals surface area contributed by atoms with Crippen LogP contribution in [-0.2, 0) is 17.8 Å². The van der Waals surface area contributed by atoms with Crippen molar-refractivity contribution in [3.8, 4) is 0 Å². The van der Waals surface area contributed by atoms with Gasteiger partial charge in [0, 0.05) is 10.7 Å². The molecule has 1 aliphatic rings. The monoisotopic (exact) mass is 417 g/mol. The largest absolute Gasteiger partial charge is 0.307 e. The Balaban J connectivity index is 1.69. The van der Waals surface area contributed by atoms with Gasteiger partial charge >= 0.3 is 0 Å². The number of hydrogen-bond donors (Lipinski definition) is 0. The molecular weight excluding hydrogens is 390 g/mol. The molecule has 0 saturated heterocycles. The summed E-state index contributed by atoms with van der Waals surface area (Å²) in [5.41, 5.74) is 5.80. The average molecular weight is 418 g/mol. The summed E-state index contributed by atoms with van der Waals surface area (Å²) >= 11 is 6.07. The summed E-state index contributed by atoms with van der Waals surface area (Å²) < 4.78 is 0. The van der Waals surface area contributed by atoms with Gasteiger partial charge in [-0.3, -0.25) is 4.79 Å². The number of hydrogen-bond acceptors (Lipinski definition) is 1. The number of rotatable bonds is 5. The first-order valence-corrected chi connectivity index (χ1v) is 11.1. The fourth-order valence-corrected chi connectivity index (χ4v) is 4.43. The van der Waals surface area contributed by atoms with Crippen LogP contribution < -0.4 is 4.90 Å². The third-order valence-electron chi connectivity index (χ3n) is 6.06. The number of halogens is 1. The van der Waals surface area contributed by atoms with Crippen LogP contribution in [0.3, 0.4) is 0 Å². The molecule has 0 bridgehead atoms. The topological polar surface area (TPSA) is 20.3 Å². The van der Waals surface area contributed by atoms with Gasteiger partial charge in [-0.05, 0) is 71.7 Å². The molecule has 0 N–H and O–H groups in total. The molecule has 0 radical (unpaired) electrons. The minimum atomic E-state index is -0.0907. The molecule has 0 aliphatic heterocycles. The molecule has 0 fully saturated rings. The van der Waals surface area contributed by atoms with Crippen LogP contribution in [0.15, 0.2) is 72.8 Å². The van der Waals surface area contributed by atoms with Crippen LogP contribution in [-0.4, -0.2) is 5.91 Å². The van der Waals surface area contributed by atoms with Crippen molar-refractivity contribution in [3.63, 3.8) is 0 Å². The van der Waals surface area contributed by atoms with Gasteiger partial charge in [0.1, 0.15) is 0 Å². The molecule has 0 saturated carbocycles. The summed E-state index contributed by atoms with van der Waals surface area (Å²) in [4.78, 5) is 15.8. The predicted octanol–water partition coefficient (Wildman–Crippen LogP) is 7.12. The predicted molar refractivity (Wildman–Crippen MR) is 125 cm³/mol. The summed E-state index contributed by atoms with van der Waals surface area (Å²) in [5.74, 6) is 0.547. The van der Waals surface area contributed by atoms with E-state index in [1.165, 1.54) is 16.7 Å². The standard InChI is InChI=1S/C27H28ClNO/c1-19(2)21-12-16-24(17-13-21)29(18-20-10-14-23(28)15-11-20)27(30)26-9-5-7-22-6-3-4-8-25(22)26/h3-4,6,8,10-17,19,26H,5,7,9,18H2,1-2H3. The van der Waals surface area contributed by atoms with E-state index in [4.69, 9.17) is 11.6 Å². The lowest BCUT2D eigenvalue weighted by molar-refractivity contribution is -0.120. The van der Waals surface area contributed by atoms with Gasteiger partial charge in [0.05, 0.1) is 12.5 Å². The molecule has 1 aliphatic carbocycles. The van der Waals surface area contributed by atoms with Gasteiger partial charge in [0.2, 0.25) is 5.91 Å². The summed E-state index contributed by atoms with van der Waals surface area (Å²) in [6.45, 7) is 4.91. The maximum absolute atomic E-state index is 13.9. The molecule has 1 amide bonds. The van der Waals surface area contributed by atoms with Crippen molar-refractivity contribution in [2.75, 3.05) is 4.90 Å². The number of anilines is 1. The molecule has 3 heteroatoms. The van der Waals surface area contributed by atoms with Gasteiger partial charge in [-0.2, -0.15) is 0 Å². The zero-order valence-corrected chi connectivity index (χ0v) is 18.4. The second kappa shape index (κ2) is 9.06. The maximum atomic E-state index is 13.9. The van der Waals surface area contributed by atoms with E-state index in [9.17, 15) is 4.79 Å². The van der Waals surface area contributed by atoms with Crippen LogP contribution in [0.2, 0.25) is 5.02 Å². The normalized spacial score (nSPS) is 15.7. The first-order valence-electron chi connectivity index (χ1n) is 10.8. The molecule has 3 aromatic rings. The van der Waals surface area contributed by atoms with Gasteiger partial charge in [-0.25, -0.2) is 0 Å². The smallest absolute Gasteiger partial charge is 0.234 e. The number of carbonyl (C=O) groups excluding carboxylic acids is 1. The van der Waals surface area contributed by atoms with Crippen molar-refractivity contribution in [3.05, 3.63) is 100 Å². The zero-order chi connectivity index (χ0) is 21.1. The number of carbonyl (C=O) groups is 1. The summed E-state index contributed by atoms with van der Waals surface area (Å²) in [7, 11) is 0. The Hall–Kier alpha value is -2.58. The van der Waals surface area contributed by atoms with Crippen molar-refractivity contribution in [2.45, 2.75) is 51.5 Å². The SMILES string of the molecule is CC(C)c1ccc(N(Cc2ccc(Cl)cc2)C(=O)C2CCCc3ccccc32)cc1. The molecule has 3 aromatic carbocycles. The fourth-order valence-electron chi connectivity index (χ4n) is 4.31. The zero-order valence-electron chi connectivity index (χ0n) is 17.6. The Morgan fingerprint density at radius 3 is 2.40 bits per heavy atom. The van der Waals surface area contributed by atoms with Crippen LogP contribution in [0.4, 0.5) is 5.69 Å². The molecule has 0 spiro atoms. The molecule has 154 valence electrons. The Morgan fingerprint density at radius 1 is 1.00 bits per heavy atom. The molecule has 0 aromatic heterocycles. The van der Waals surface area contributed by atoms with Crippen molar-refractivity contribution in [1.82, 2.24) is 0 Å². The molecule has 1 atom stereocenters. The highest BCUT2D eigenvalue weighted by Crippen LogP contribution is 2.35. The second-order valence-corrected chi connectivity index (χ2v) is 8.88.